The Bertz CT molecular complexity index is 3410. The fraction of sp³-hybridized carbons (Fsp3) is 0.491. The van der Waals surface area contributed by atoms with Gasteiger partial charge in [0.25, 0.3) is 11.1 Å². The van der Waals surface area contributed by atoms with Gasteiger partial charge in [-0.25, -0.2) is 14.8 Å². The van der Waals surface area contributed by atoms with Crippen molar-refractivity contribution >= 4 is 56.2 Å². The molecule has 3 saturated heterocycles. The number of rotatable bonds is 22. The molecule has 8 atom stereocenters. The standard InChI is InChI=1S/C57H74N9O13PSSi/c1-36-30-65(55(70)62-52(36)68)48-29-45(79-82(10,11)56(3,4)5)47(77-48)33-75-80(81,74-31-41-18-15-27-64(41)37(2)67)78-44-28-49(66-35-58-50-51(66)60-54(61-53(50)69)59-34-63(6)7)76-46(44)32-73-57(38-16-13-12-14-17-38,39-19-23-42(71-8)24-20-39)40-21-25-43(72-9)26-22-40/h12-14,16-17,19-26,30,34-35,41,44-49H,15,18,27-29,31-33H2,1-11H3,(H,60,61,69)(H,62,68,70)/b59-34+/t41-,44-,45-,46+,47+,48+,49+,80-/m0/s1. The molecule has 0 radical (unpaired) electrons. The van der Waals surface area contributed by atoms with Crippen LogP contribution in [0.2, 0.25) is 18.1 Å². The van der Waals surface area contributed by atoms with Crippen molar-refractivity contribution in [2.45, 2.75) is 127 Å². The van der Waals surface area contributed by atoms with Crippen molar-refractivity contribution in [1.29, 1.82) is 0 Å². The molecule has 9 rings (SSSR count). The van der Waals surface area contributed by atoms with Crippen LogP contribution in [0.4, 0.5) is 5.95 Å². The first-order valence-electron chi connectivity index (χ1n) is 27.3. The number of nitrogens with one attached hydrogen (secondary N) is 2. The second kappa shape index (κ2) is 25.0. The van der Waals surface area contributed by atoms with E-state index in [9.17, 15) is 19.2 Å². The van der Waals surface area contributed by atoms with Crippen LogP contribution in [0.15, 0.2) is 111 Å². The number of hydrogen-bond donors (Lipinski definition) is 2. The Morgan fingerprint density at radius 3 is 2.05 bits per heavy atom. The average Bonchev–Trinajstić information content (AvgIpc) is 2.91. The zero-order chi connectivity index (χ0) is 58.7. The highest BCUT2D eigenvalue weighted by molar-refractivity contribution is 8.07. The van der Waals surface area contributed by atoms with Gasteiger partial charge in [0.15, 0.2) is 19.5 Å². The van der Waals surface area contributed by atoms with Gasteiger partial charge in [0, 0.05) is 52.2 Å². The zero-order valence-electron chi connectivity index (χ0n) is 48.2. The SMILES string of the molecule is COc1ccc(C(OC[C@H]2O[C@@H](n3cnc4c(=O)[nH]c(/N=C/N(C)C)nc43)C[C@@H]2O[P@](=S)(OC[C@@H]2CCCN2C(C)=O)OC[C@H]2O[C@@H](n3cc(C)c(=O)[nH]c3=O)C[C@@H]2O[Si](C)(C)C(C)(C)C)(c2ccccc2)c2ccc(OC)cc2)cc1. The lowest BCUT2D eigenvalue weighted by Crippen LogP contribution is -2.46. The van der Waals surface area contributed by atoms with Gasteiger partial charge < -0.3 is 51.5 Å². The van der Waals surface area contributed by atoms with Gasteiger partial charge in [0.1, 0.15) is 41.8 Å². The Hall–Kier alpha value is -6.18. The number of H-pyrrole nitrogens is 2. The summed E-state index contributed by atoms with van der Waals surface area (Å²) in [6, 6.07) is 24.9. The molecule has 3 fully saturated rings. The molecular weight excluding hydrogens is 1110 g/mol. The molecule has 0 aliphatic carbocycles. The molecule has 0 bridgehead atoms. The number of aryl methyl sites for hydroxylation is 1. The van der Waals surface area contributed by atoms with Gasteiger partial charge in [0.05, 0.1) is 65.0 Å². The molecule has 3 aromatic carbocycles. The molecule has 3 aliphatic rings. The van der Waals surface area contributed by atoms with E-state index in [2.05, 4.69) is 53.8 Å². The number of aromatic amines is 2. The van der Waals surface area contributed by atoms with Gasteiger partial charge in [-0.3, -0.25) is 33.5 Å². The van der Waals surface area contributed by atoms with Crippen LogP contribution < -0.4 is 26.3 Å². The van der Waals surface area contributed by atoms with Gasteiger partial charge in [-0.15, -0.1) is 0 Å². The highest BCUT2D eigenvalue weighted by Crippen LogP contribution is 2.55. The summed E-state index contributed by atoms with van der Waals surface area (Å²) in [7, 11) is 4.32. The quantitative estimate of drug-likeness (QED) is 0.0216. The van der Waals surface area contributed by atoms with Crippen LogP contribution in [0, 0.1) is 6.92 Å². The number of amides is 1. The number of carbonyl (C=O) groups excluding carboxylic acids is 1. The zero-order valence-corrected chi connectivity index (χ0v) is 50.9. The van der Waals surface area contributed by atoms with E-state index in [-0.39, 0.29) is 66.8 Å². The predicted octanol–water partition coefficient (Wildman–Crippen LogP) is 7.84. The van der Waals surface area contributed by atoms with E-state index in [1.165, 1.54) is 30.4 Å². The normalized spacial score (nSPS) is 22.3. The fourth-order valence-electron chi connectivity index (χ4n) is 10.3. The molecule has 3 aromatic heterocycles. The Morgan fingerprint density at radius 1 is 0.841 bits per heavy atom. The molecule has 2 N–H and O–H groups in total. The topological polar surface area (TPSA) is 237 Å². The maximum Gasteiger partial charge on any atom is 0.330 e. The molecule has 0 unspecified atom stereocenters. The average molecular weight is 1180 g/mol. The molecule has 25 heteroatoms. The van der Waals surface area contributed by atoms with Crippen molar-refractivity contribution in [2.75, 3.05) is 54.7 Å². The van der Waals surface area contributed by atoms with Crippen molar-refractivity contribution in [3.05, 3.63) is 145 Å². The van der Waals surface area contributed by atoms with Crippen molar-refractivity contribution in [3.8, 4) is 11.5 Å². The van der Waals surface area contributed by atoms with Crippen LogP contribution in [0.25, 0.3) is 11.2 Å². The Labute approximate surface area is 482 Å². The molecule has 0 saturated carbocycles. The number of aliphatic imine (C=N–C) groups is 1. The number of imidazole rings is 1. The first-order chi connectivity index (χ1) is 39.0. The third-order valence-corrected chi connectivity index (χ3v) is 22.6. The van der Waals surface area contributed by atoms with E-state index < -0.39 is 74.3 Å². The highest BCUT2D eigenvalue weighted by atomic mass is 32.5. The highest BCUT2D eigenvalue weighted by Gasteiger charge is 2.49. The second-order valence-electron chi connectivity index (χ2n) is 22.6. The lowest BCUT2D eigenvalue weighted by atomic mass is 9.80. The number of benzene rings is 3. The summed E-state index contributed by atoms with van der Waals surface area (Å²) in [4.78, 5) is 74.5. The smallest absolute Gasteiger partial charge is 0.330 e. The molecule has 3 aliphatic heterocycles. The molecule has 82 heavy (non-hydrogen) atoms. The van der Waals surface area contributed by atoms with Gasteiger partial charge in [-0.1, -0.05) is 75.4 Å². The van der Waals surface area contributed by atoms with Gasteiger partial charge in [-0.05, 0) is 90.7 Å². The number of methoxy groups -OCH3 is 2. The van der Waals surface area contributed by atoms with Crippen molar-refractivity contribution in [1.82, 2.24) is 38.9 Å². The number of aromatic nitrogens is 6. The summed E-state index contributed by atoms with van der Waals surface area (Å²) in [5.74, 6) is 1.26. The number of carbonyl (C=O) groups is 1. The minimum absolute atomic E-state index is 0.000279. The minimum Gasteiger partial charge on any atom is -0.497 e. The number of ether oxygens (including phenoxy) is 5. The van der Waals surface area contributed by atoms with Crippen LogP contribution >= 0.6 is 6.72 Å². The lowest BCUT2D eigenvalue weighted by Gasteiger charge is -2.39. The van der Waals surface area contributed by atoms with Gasteiger partial charge >= 0.3 is 12.4 Å². The number of nitrogens with zero attached hydrogens (tertiary/aromatic N) is 7. The summed E-state index contributed by atoms with van der Waals surface area (Å²) < 4.78 is 63.4. The van der Waals surface area contributed by atoms with E-state index in [1.807, 2.05) is 78.9 Å². The molecule has 6 heterocycles. The Morgan fingerprint density at radius 2 is 1.44 bits per heavy atom. The number of likely N-dealkylation sites (tertiary alicyclic amines) is 1. The number of hydrogen-bond acceptors (Lipinski definition) is 17. The minimum atomic E-state index is -3.96. The van der Waals surface area contributed by atoms with Crippen LogP contribution in [-0.4, -0.2) is 145 Å². The molecular formula is C57H74N9O13PSSi. The van der Waals surface area contributed by atoms with E-state index >= 15 is 0 Å². The second-order valence-corrected chi connectivity index (χ2v) is 30.3. The molecule has 0 spiro atoms. The van der Waals surface area contributed by atoms with Crippen molar-refractivity contribution in [2.24, 2.45) is 4.99 Å². The summed E-state index contributed by atoms with van der Waals surface area (Å²) in [5.41, 5.74) is 0.0769. The fourth-order valence-corrected chi connectivity index (χ4v) is 13.8. The van der Waals surface area contributed by atoms with E-state index in [1.54, 1.807) is 49.6 Å². The van der Waals surface area contributed by atoms with Gasteiger partial charge in [0.2, 0.25) is 11.9 Å². The summed E-state index contributed by atoms with van der Waals surface area (Å²) >= 11 is 6.52. The van der Waals surface area contributed by atoms with Crippen LogP contribution in [0.3, 0.4) is 0 Å². The first kappa shape index (κ1) is 60.4. The Kier molecular flexibility index (Phi) is 18.4. The first-order valence-corrected chi connectivity index (χ1v) is 32.8. The summed E-state index contributed by atoms with van der Waals surface area (Å²) in [6.07, 6.45) is 1.35. The molecule has 440 valence electrons. The van der Waals surface area contributed by atoms with Crippen LogP contribution in [0.1, 0.15) is 88.1 Å². The Balaban J connectivity index is 1.12. The lowest BCUT2D eigenvalue weighted by molar-refractivity contribution is -0.130. The van der Waals surface area contributed by atoms with Crippen molar-refractivity contribution in [3.63, 3.8) is 0 Å². The van der Waals surface area contributed by atoms with E-state index in [4.69, 9.17) is 58.5 Å². The summed E-state index contributed by atoms with van der Waals surface area (Å²) in [6.45, 7) is 10.1. The van der Waals surface area contributed by atoms with Crippen LogP contribution in [-0.2, 0) is 54.4 Å². The third-order valence-electron chi connectivity index (χ3n) is 15.7. The predicted molar refractivity (Wildman–Crippen MR) is 315 cm³/mol. The molecule has 22 nitrogen and oxygen atoms in total. The molecule has 1 amide bonds. The van der Waals surface area contributed by atoms with E-state index in [0.29, 0.717) is 30.0 Å². The third kappa shape index (κ3) is 13.1. The number of fused-ring (bicyclic) bond motifs is 1. The van der Waals surface area contributed by atoms with Gasteiger partial charge in [-0.2, -0.15) is 4.98 Å². The van der Waals surface area contributed by atoms with E-state index in [0.717, 1.165) is 23.1 Å². The summed E-state index contributed by atoms with van der Waals surface area (Å²) in [5, 5.41) is -0.202. The monoisotopic (exact) mass is 1180 g/mol. The van der Waals surface area contributed by atoms with Crippen molar-refractivity contribution < 1.29 is 46.5 Å². The largest absolute Gasteiger partial charge is 0.497 e. The van der Waals surface area contributed by atoms with Crippen LogP contribution in [0.5, 0.6) is 11.5 Å². The molecule has 6 aromatic rings. The maximum atomic E-state index is 13.5. The maximum absolute atomic E-state index is 13.5.